The van der Waals surface area contributed by atoms with E-state index in [1.807, 2.05) is 6.92 Å². The van der Waals surface area contributed by atoms with Crippen LogP contribution < -0.4 is 9.47 Å². The van der Waals surface area contributed by atoms with Gasteiger partial charge < -0.3 is 19.7 Å². The lowest BCUT2D eigenvalue weighted by Gasteiger charge is -2.13. The van der Waals surface area contributed by atoms with Crippen molar-refractivity contribution in [1.82, 2.24) is 0 Å². The Morgan fingerprint density at radius 3 is 2.06 bits per heavy atom. The maximum atomic E-state index is 9.71. The van der Waals surface area contributed by atoms with Gasteiger partial charge in [0.05, 0.1) is 14.2 Å². The molecule has 0 saturated carbocycles. The number of aliphatic hydroxyl groups is 1. The first-order chi connectivity index (χ1) is 7.62. The molecule has 0 aromatic heterocycles. The predicted molar refractivity (Wildman–Crippen MR) is 61.2 cm³/mol. The van der Waals surface area contributed by atoms with Crippen LogP contribution in [0.5, 0.6) is 17.2 Å². The van der Waals surface area contributed by atoms with Gasteiger partial charge in [-0.25, -0.2) is 0 Å². The van der Waals surface area contributed by atoms with Crippen LogP contribution in [0.1, 0.15) is 12.5 Å². The third-order valence-electron chi connectivity index (χ3n) is 2.44. The second-order valence-electron chi connectivity index (χ2n) is 3.84. The number of phenols is 1. The van der Waals surface area contributed by atoms with Gasteiger partial charge in [0.1, 0.15) is 0 Å². The molecule has 0 aliphatic rings. The Labute approximate surface area is 95.4 Å². The predicted octanol–water partition coefficient (Wildman–Crippen LogP) is 1.58. The van der Waals surface area contributed by atoms with Crippen LogP contribution in [0.2, 0.25) is 0 Å². The van der Waals surface area contributed by atoms with Gasteiger partial charge in [-0.15, -0.1) is 0 Å². The van der Waals surface area contributed by atoms with E-state index in [1.165, 1.54) is 14.2 Å². The third-order valence-corrected chi connectivity index (χ3v) is 2.44. The molecule has 16 heavy (non-hydrogen) atoms. The molecule has 0 saturated heterocycles. The highest BCUT2D eigenvalue weighted by atomic mass is 16.5. The van der Waals surface area contributed by atoms with Crippen LogP contribution >= 0.6 is 0 Å². The second kappa shape index (κ2) is 5.61. The van der Waals surface area contributed by atoms with Crippen LogP contribution in [0.25, 0.3) is 0 Å². The monoisotopic (exact) mass is 226 g/mol. The highest BCUT2D eigenvalue weighted by Gasteiger charge is 2.12. The topological polar surface area (TPSA) is 58.9 Å². The Morgan fingerprint density at radius 1 is 1.19 bits per heavy atom. The molecule has 1 rings (SSSR count). The summed E-state index contributed by atoms with van der Waals surface area (Å²) in [5.74, 6) is 0.948. The molecule has 0 radical (unpaired) electrons. The number of hydrogen-bond donors (Lipinski definition) is 2. The van der Waals surface area contributed by atoms with E-state index in [4.69, 9.17) is 14.6 Å². The van der Waals surface area contributed by atoms with E-state index in [1.54, 1.807) is 12.1 Å². The van der Waals surface area contributed by atoms with Gasteiger partial charge in [0.25, 0.3) is 0 Å². The van der Waals surface area contributed by atoms with Gasteiger partial charge in [-0.3, -0.25) is 0 Å². The minimum absolute atomic E-state index is 0.00500. The number of phenolic OH excluding ortho intramolecular Hbond substituents is 1. The van der Waals surface area contributed by atoms with Crippen molar-refractivity contribution in [2.24, 2.45) is 5.92 Å². The van der Waals surface area contributed by atoms with Gasteiger partial charge >= 0.3 is 0 Å². The SMILES string of the molecule is COc1cc(CC(C)CO)cc(OC)c1O. The molecule has 1 atom stereocenters. The molecule has 2 N–H and O–H groups in total. The molecule has 1 aromatic rings. The molecule has 0 heterocycles. The molecule has 4 heteroatoms. The zero-order valence-corrected chi connectivity index (χ0v) is 9.86. The van der Waals surface area contributed by atoms with Crippen LogP contribution in [0.4, 0.5) is 0 Å². The summed E-state index contributed by atoms with van der Waals surface area (Å²) in [6, 6.07) is 3.51. The zero-order valence-electron chi connectivity index (χ0n) is 9.86. The maximum absolute atomic E-state index is 9.71. The summed E-state index contributed by atoms with van der Waals surface area (Å²) in [4.78, 5) is 0. The zero-order chi connectivity index (χ0) is 12.1. The van der Waals surface area contributed by atoms with Crippen LogP contribution in [0.3, 0.4) is 0 Å². The molecule has 90 valence electrons. The largest absolute Gasteiger partial charge is 0.502 e. The second-order valence-corrected chi connectivity index (χ2v) is 3.84. The fourth-order valence-corrected chi connectivity index (χ4v) is 1.53. The molecule has 4 nitrogen and oxygen atoms in total. The van der Waals surface area contributed by atoms with Crippen LogP contribution in [-0.4, -0.2) is 31.0 Å². The van der Waals surface area contributed by atoms with Gasteiger partial charge in [0.2, 0.25) is 5.75 Å². The summed E-state index contributed by atoms with van der Waals surface area (Å²) >= 11 is 0. The standard InChI is InChI=1S/C12H18O4/c1-8(7-13)4-9-5-10(15-2)12(14)11(6-9)16-3/h5-6,8,13-14H,4,7H2,1-3H3. The first-order valence-electron chi connectivity index (χ1n) is 5.17. The fourth-order valence-electron chi connectivity index (χ4n) is 1.53. The molecule has 0 aliphatic heterocycles. The summed E-state index contributed by atoms with van der Waals surface area (Å²) in [7, 11) is 2.99. The smallest absolute Gasteiger partial charge is 0.200 e. The number of hydrogen-bond acceptors (Lipinski definition) is 4. The lowest BCUT2D eigenvalue weighted by molar-refractivity contribution is 0.236. The summed E-state index contributed by atoms with van der Waals surface area (Å²) < 4.78 is 10.1. The van der Waals surface area contributed by atoms with E-state index in [0.29, 0.717) is 17.9 Å². The number of aromatic hydroxyl groups is 1. The first-order valence-corrected chi connectivity index (χ1v) is 5.17. The fraction of sp³-hybridized carbons (Fsp3) is 0.500. The Hall–Kier alpha value is -1.42. The van der Waals surface area contributed by atoms with Gasteiger partial charge in [0, 0.05) is 6.61 Å². The molecule has 0 amide bonds. The lowest BCUT2D eigenvalue weighted by Crippen LogP contribution is -2.05. The van der Waals surface area contributed by atoms with Crippen molar-refractivity contribution < 1.29 is 19.7 Å². The number of rotatable bonds is 5. The molecular weight excluding hydrogens is 208 g/mol. The number of benzene rings is 1. The van der Waals surface area contributed by atoms with E-state index in [2.05, 4.69) is 0 Å². The molecule has 0 bridgehead atoms. The minimum Gasteiger partial charge on any atom is -0.502 e. The van der Waals surface area contributed by atoms with Gasteiger partial charge in [-0.1, -0.05) is 6.92 Å². The van der Waals surface area contributed by atoms with Crippen LogP contribution in [0, 0.1) is 5.92 Å². The van der Waals surface area contributed by atoms with Crippen LogP contribution in [-0.2, 0) is 6.42 Å². The average Bonchev–Trinajstić information content (AvgIpc) is 2.30. The van der Waals surface area contributed by atoms with Gasteiger partial charge in [-0.05, 0) is 30.0 Å². The highest BCUT2D eigenvalue weighted by molar-refractivity contribution is 5.52. The van der Waals surface area contributed by atoms with Gasteiger partial charge in [0.15, 0.2) is 11.5 Å². The average molecular weight is 226 g/mol. The quantitative estimate of drug-likeness (QED) is 0.800. The molecule has 0 aliphatic carbocycles. The minimum atomic E-state index is 0.00500. The van der Waals surface area contributed by atoms with Crippen molar-refractivity contribution in [1.29, 1.82) is 0 Å². The molecular formula is C12H18O4. The summed E-state index contributed by atoms with van der Waals surface area (Å²) in [6.45, 7) is 2.08. The third kappa shape index (κ3) is 2.79. The number of methoxy groups -OCH3 is 2. The Morgan fingerprint density at radius 2 is 1.69 bits per heavy atom. The van der Waals surface area contributed by atoms with E-state index >= 15 is 0 Å². The highest BCUT2D eigenvalue weighted by Crippen LogP contribution is 2.37. The van der Waals surface area contributed by atoms with Crippen molar-refractivity contribution in [3.05, 3.63) is 17.7 Å². The molecule has 0 spiro atoms. The normalized spacial score (nSPS) is 12.2. The molecule has 1 aromatic carbocycles. The Balaban J connectivity index is 3.02. The van der Waals surface area contributed by atoms with E-state index in [9.17, 15) is 5.11 Å². The Bertz CT molecular complexity index is 324. The Kier molecular flexibility index (Phi) is 4.43. The van der Waals surface area contributed by atoms with Crippen molar-refractivity contribution in [2.45, 2.75) is 13.3 Å². The number of ether oxygens (including phenoxy) is 2. The van der Waals surface area contributed by atoms with Crippen LogP contribution in [0.15, 0.2) is 12.1 Å². The van der Waals surface area contributed by atoms with E-state index in [-0.39, 0.29) is 18.3 Å². The van der Waals surface area contributed by atoms with Crippen molar-refractivity contribution in [2.75, 3.05) is 20.8 Å². The van der Waals surface area contributed by atoms with Crippen molar-refractivity contribution in [3.63, 3.8) is 0 Å². The summed E-state index contributed by atoms with van der Waals surface area (Å²) in [5, 5.41) is 18.7. The molecule has 1 unspecified atom stereocenters. The first kappa shape index (κ1) is 12.6. The summed E-state index contributed by atoms with van der Waals surface area (Å²) in [5.41, 5.74) is 0.966. The summed E-state index contributed by atoms with van der Waals surface area (Å²) in [6.07, 6.45) is 0.712. The molecule has 0 fully saturated rings. The van der Waals surface area contributed by atoms with E-state index < -0.39 is 0 Å². The number of aliphatic hydroxyl groups excluding tert-OH is 1. The lowest BCUT2D eigenvalue weighted by atomic mass is 10.0. The van der Waals surface area contributed by atoms with Gasteiger partial charge in [-0.2, -0.15) is 0 Å². The van der Waals surface area contributed by atoms with E-state index in [0.717, 1.165) is 5.56 Å². The van der Waals surface area contributed by atoms with Crippen molar-refractivity contribution in [3.8, 4) is 17.2 Å². The van der Waals surface area contributed by atoms with Crippen molar-refractivity contribution >= 4 is 0 Å². The maximum Gasteiger partial charge on any atom is 0.200 e.